The van der Waals surface area contributed by atoms with Crippen molar-refractivity contribution in [1.29, 1.82) is 0 Å². The van der Waals surface area contributed by atoms with Gasteiger partial charge in [0.2, 0.25) is 0 Å². The molecule has 1 aromatic heterocycles. The number of hydrogen-bond donors (Lipinski definition) is 1. The topological polar surface area (TPSA) is 74.7 Å². The number of carboxylic acid groups (broad SMARTS) is 1. The van der Waals surface area contributed by atoms with Crippen LogP contribution in [0.25, 0.3) is 0 Å². The van der Waals surface area contributed by atoms with Crippen LogP contribution in [0.1, 0.15) is 17.7 Å². The van der Waals surface area contributed by atoms with Gasteiger partial charge in [-0.25, -0.2) is 8.42 Å². The van der Waals surface area contributed by atoms with Gasteiger partial charge < -0.3 is 5.11 Å². The van der Waals surface area contributed by atoms with Gasteiger partial charge in [0.1, 0.15) is 4.21 Å². The van der Waals surface area contributed by atoms with Gasteiger partial charge in [-0.15, -0.1) is 11.3 Å². The van der Waals surface area contributed by atoms with E-state index in [2.05, 4.69) is 15.9 Å². The predicted octanol–water partition coefficient (Wildman–Crippen LogP) is 2.30. The molecule has 0 radical (unpaired) electrons. The number of hydrogen-bond acceptors (Lipinski definition) is 4. The van der Waals surface area contributed by atoms with E-state index < -0.39 is 21.9 Å². The van der Waals surface area contributed by atoms with Crippen LogP contribution in [0.2, 0.25) is 0 Å². The molecule has 19 heavy (non-hydrogen) atoms. The number of piperidine rings is 1. The van der Waals surface area contributed by atoms with Crippen molar-refractivity contribution in [3.63, 3.8) is 0 Å². The summed E-state index contributed by atoms with van der Waals surface area (Å²) in [5.74, 6) is -1.27. The minimum atomic E-state index is -3.51. The van der Waals surface area contributed by atoms with Crippen molar-refractivity contribution in [1.82, 2.24) is 4.31 Å². The standard InChI is InChI=1S/C11H14BrNO4S2/c1-7-6-9(12)11(18-7)19(16,17)13-4-2-8(3-5-13)10(14)15/h6,8H,2-5H2,1H3,(H,14,15). The van der Waals surface area contributed by atoms with Gasteiger partial charge in [0, 0.05) is 22.4 Å². The third kappa shape index (κ3) is 3.01. The van der Waals surface area contributed by atoms with Crippen molar-refractivity contribution < 1.29 is 18.3 Å². The van der Waals surface area contributed by atoms with Gasteiger partial charge in [-0.3, -0.25) is 4.79 Å². The van der Waals surface area contributed by atoms with Crippen LogP contribution in [0.15, 0.2) is 14.7 Å². The molecular weight excluding hydrogens is 354 g/mol. The Balaban J connectivity index is 2.19. The molecule has 1 N–H and O–H groups in total. The Hall–Kier alpha value is -0.440. The van der Waals surface area contributed by atoms with Gasteiger partial charge in [0.05, 0.1) is 5.92 Å². The van der Waals surface area contributed by atoms with E-state index in [1.165, 1.54) is 15.6 Å². The van der Waals surface area contributed by atoms with Gasteiger partial charge in [0.15, 0.2) is 0 Å². The van der Waals surface area contributed by atoms with E-state index in [1.807, 2.05) is 6.92 Å². The molecule has 1 aliphatic rings. The summed E-state index contributed by atoms with van der Waals surface area (Å²) in [5.41, 5.74) is 0. The number of carboxylic acids is 1. The lowest BCUT2D eigenvalue weighted by Gasteiger charge is -2.28. The second-order valence-corrected chi connectivity index (χ2v) is 8.75. The number of thiophene rings is 1. The number of rotatable bonds is 3. The zero-order valence-corrected chi connectivity index (χ0v) is 13.5. The molecule has 0 saturated carbocycles. The quantitative estimate of drug-likeness (QED) is 0.889. The fourth-order valence-electron chi connectivity index (χ4n) is 2.10. The van der Waals surface area contributed by atoms with Crippen molar-refractivity contribution in [3.05, 3.63) is 15.4 Å². The molecule has 0 bridgehead atoms. The van der Waals surface area contributed by atoms with E-state index in [4.69, 9.17) is 5.11 Å². The minimum Gasteiger partial charge on any atom is -0.481 e. The molecule has 2 rings (SSSR count). The fraction of sp³-hybridized carbons (Fsp3) is 0.545. The Labute approximate surface area is 124 Å². The second kappa shape index (κ2) is 5.51. The van der Waals surface area contributed by atoms with Crippen molar-refractivity contribution in [2.45, 2.75) is 24.0 Å². The monoisotopic (exact) mass is 367 g/mol. The largest absolute Gasteiger partial charge is 0.481 e. The van der Waals surface area contributed by atoms with Crippen LogP contribution < -0.4 is 0 Å². The van der Waals surface area contributed by atoms with Crippen molar-refractivity contribution in [3.8, 4) is 0 Å². The van der Waals surface area contributed by atoms with Crippen LogP contribution in [-0.2, 0) is 14.8 Å². The van der Waals surface area contributed by atoms with Gasteiger partial charge in [-0.2, -0.15) is 4.31 Å². The van der Waals surface area contributed by atoms with Gasteiger partial charge in [-0.1, -0.05) is 0 Å². The zero-order valence-electron chi connectivity index (χ0n) is 10.3. The highest BCUT2D eigenvalue weighted by atomic mass is 79.9. The van der Waals surface area contributed by atoms with Crippen LogP contribution in [0.4, 0.5) is 0 Å². The maximum absolute atomic E-state index is 12.5. The molecule has 0 amide bonds. The van der Waals surface area contributed by atoms with E-state index in [-0.39, 0.29) is 13.1 Å². The van der Waals surface area contributed by atoms with Crippen molar-refractivity contribution in [2.24, 2.45) is 5.92 Å². The third-order valence-electron chi connectivity index (χ3n) is 3.16. The Morgan fingerprint density at radius 1 is 1.47 bits per heavy atom. The lowest BCUT2D eigenvalue weighted by molar-refractivity contribution is -0.142. The van der Waals surface area contributed by atoms with Crippen LogP contribution >= 0.6 is 27.3 Å². The Kier molecular flexibility index (Phi) is 4.34. The molecule has 0 aromatic carbocycles. The Bertz CT molecular complexity index is 588. The summed E-state index contributed by atoms with van der Waals surface area (Å²) in [4.78, 5) is 11.8. The van der Waals surface area contributed by atoms with E-state index in [1.54, 1.807) is 6.07 Å². The molecule has 1 aliphatic heterocycles. The average Bonchev–Trinajstić information content (AvgIpc) is 2.69. The Morgan fingerprint density at radius 3 is 2.47 bits per heavy atom. The van der Waals surface area contributed by atoms with E-state index in [0.29, 0.717) is 21.5 Å². The maximum atomic E-state index is 12.5. The molecule has 1 saturated heterocycles. The number of halogens is 1. The highest BCUT2D eigenvalue weighted by Crippen LogP contribution is 2.34. The first kappa shape index (κ1) is 15.0. The number of carbonyl (C=O) groups is 1. The third-order valence-corrected chi connectivity index (χ3v) is 7.77. The first-order chi connectivity index (χ1) is 8.82. The average molecular weight is 368 g/mol. The molecule has 5 nitrogen and oxygen atoms in total. The van der Waals surface area contributed by atoms with Crippen LogP contribution in [0.5, 0.6) is 0 Å². The van der Waals surface area contributed by atoms with Crippen LogP contribution in [0, 0.1) is 12.8 Å². The van der Waals surface area contributed by atoms with E-state index >= 15 is 0 Å². The summed E-state index contributed by atoms with van der Waals surface area (Å²) in [6, 6.07) is 1.78. The van der Waals surface area contributed by atoms with Gasteiger partial charge >= 0.3 is 5.97 Å². The number of sulfonamides is 1. The van der Waals surface area contributed by atoms with Crippen molar-refractivity contribution >= 4 is 43.3 Å². The molecule has 8 heteroatoms. The summed E-state index contributed by atoms with van der Waals surface area (Å²) < 4.78 is 27.2. The summed E-state index contributed by atoms with van der Waals surface area (Å²) in [6.45, 7) is 2.39. The smallest absolute Gasteiger partial charge is 0.306 e. The number of nitrogens with zero attached hydrogens (tertiary/aromatic N) is 1. The van der Waals surface area contributed by atoms with E-state index in [9.17, 15) is 13.2 Å². The molecule has 0 spiro atoms. The number of aryl methyl sites for hydroxylation is 1. The fourth-order valence-corrected chi connectivity index (χ4v) is 6.44. The van der Waals surface area contributed by atoms with Crippen LogP contribution in [0.3, 0.4) is 0 Å². The van der Waals surface area contributed by atoms with Gasteiger partial charge in [0.25, 0.3) is 10.0 Å². The lowest BCUT2D eigenvalue weighted by atomic mass is 9.99. The second-order valence-electron chi connectivity index (χ2n) is 4.51. The van der Waals surface area contributed by atoms with Gasteiger partial charge in [-0.05, 0) is 41.8 Å². The number of aliphatic carboxylic acids is 1. The lowest BCUT2D eigenvalue weighted by Crippen LogP contribution is -2.40. The summed E-state index contributed by atoms with van der Waals surface area (Å²) in [6.07, 6.45) is 0.743. The highest BCUT2D eigenvalue weighted by Gasteiger charge is 2.33. The molecule has 0 unspecified atom stereocenters. The summed E-state index contributed by atoms with van der Waals surface area (Å²) >= 11 is 4.49. The molecule has 1 aromatic rings. The molecular formula is C11H14BrNO4S2. The molecule has 0 atom stereocenters. The first-order valence-electron chi connectivity index (χ1n) is 5.81. The molecule has 2 heterocycles. The van der Waals surface area contributed by atoms with Crippen LogP contribution in [-0.4, -0.2) is 36.9 Å². The minimum absolute atomic E-state index is 0.267. The highest BCUT2D eigenvalue weighted by molar-refractivity contribution is 9.10. The normalized spacial score (nSPS) is 18.6. The zero-order chi connectivity index (χ0) is 14.2. The predicted molar refractivity (Wildman–Crippen MR) is 75.9 cm³/mol. The molecule has 106 valence electrons. The molecule has 1 fully saturated rings. The maximum Gasteiger partial charge on any atom is 0.306 e. The first-order valence-corrected chi connectivity index (χ1v) is 8.86. The Morgan fingerprint density at radius 2 is 2.05 bits per heavy atom. The summed E-state index contributed by atoms with van der Waals surface area (Å²) in [7, 11) is -3.51. The molecule has 0 aliphatic carbocycles. The van der Waals surface area contributed by atoms with Crippen molar-refractivity contribution in [2.75, 3.05) is 13.1 Å². The summed E-state index contributed by atoms with van der Waals surface area (Å²) in [5, 5.41) is 8.92. The van der Waals surface area contributed by atoms with E-state index in [0.717, 1.165) is 4.88 Å². The SMILES string of the molecule is Cc1cc(Br)c(S(=O)(=O)N2CCC(C(=O)O)CC2)s1.